The maximum Gasteiger partial charge on any atom is 0.326 e. The molecule has 1 fully saturated rings. The van der Waals surface area contributed by atoms with Crippen molar-refractivity contribution in [1.82, 2.24) is 5.32 Å². The third kappa shape index (κ3) is 5.13. The van der Waals surface area contributed by atoms with Crippen LogP contribution in [0.3, 0.4) is 0 Å². The Morgan fingerprint density at radius 1 is 1.44 bits per heavy atom. The highest BCUT2D eigenvalue weighted by atomic mass is 16.5. The standard InChI is InChI=1S/C11H18N2O5/c12-9(14)6-8(11(16)17)13-10(15)4-3-7-2-1-5-18-7/h7-8H,1-6H2,(H2,12,14)(H,13,15)(H,16,17)/t7?,8-/m1/s1. The van der Waals surface area contributed by atoms with Crippen LogP contribution in [0, 0.1) is 0 Å². The van der Waals surface area contributed by atoms with E-state index >= 15 is 0 Å². The van der Waals surface area contributed by atoms with E-state index < -0.39 is 30.2 Å². The van der Waals surface area contributed by atoms with E-state index in [1.54, 1.807) is 0 Å². The number of hydrogen-bond acceptors (Lipinski definition) is 4. The molecule has 7 nitrogen and oxygen atoms in total. The van der Waals surface area contributed by atoms with Crippen LogP contribution in [0.1, 0.15) is 32.1 Å². The number of carbonyl (C=O) groups is 3. The molecule has 0 bridgehead atoms. The summed E-state index contributed by atoms with van der Waals surface area (Å²) in [5, 5.41) is 11.1. The molecule has 7 heteroatoms. The summed E-state index contributed by atoms with van der Waals surface area (Å²) in [7, 11) is 0. The van der Waals surface area contributed by atoms with Crippen LogP contribution >= 0.6 is 0 Å². The number of rotatable bonds is 7. The highest BCUT2D eigenvalue weighted by Crippen LogP contribution is 2.16. The van der Waals surface area contributed by atoms with Gasteiger partial charge in [0, 0.05) is 13.0 Å². The lowest BCUT2D eigenvalue weighted by atomic mass is 10.1. The van der Waals surface area contributed by atoms with Crippen LogP contribution in [0.15, 0.2) is 0 Å². The SMILES string of the molecule is NC(=O)C[C@@H](NC(=O)CCC1CCCO1)C(=O)O. The van der Waals surface area contributed by atoms with Gasteiger partial charge in [-0.25, -0.2) is 4.79 Å². The number of carboxylic acids is 1. The van der Waals surface area contributed by atoms with Crippen molar-refractivity contribution < 1.29 is 24.2 Å². The second-order valence-corrected chi connectivity index (χ2v) is 4.30. The van der Waals surface area contributed by atoms with Crippen molar-refractivity contribution in [2.24, 2.45) is 5.73 Å². The van der Waals surface area contributed by atoms with Crippen LogP contribution in [-0.4, -0.2) is 41.6 Å². The van der Waals surface area contributed by atoms with Gasteiger partial charge in [-0.2, -0.15) is 0 Å². The zero-order valence-corrected chi connectivity index (χ0v) is 10.1. The average Bonchev–Trinajstić information content (AvgIpc) is 2.77. The van der Waals surface area contributed by atoms with E-state index in [0.717, 1.165) is 12.8 Å². The Kier molecular flexibility index (Phi) is 5.57. The van der Waals surface area contributed by atoms with Crippen LogP contribution in [0.5, 0.6) is 0 Å². The lowest BCUT2D eigenvalue weighted by Crippen LogP contribution is -2.43. The minimum atomic E-state index is -1.26. The largest absolute Gasteiger partial charge is 0.480 e. The number of ether oxygens (including phenoxy) is 1. The lowest BCUT2D eigenvalue weighted by molar-refractivity contribution is -0.143. The van der Waals surface area contributed by atoms with Crippen LogP contribution in [0.2, 0.25) is 0 Å². The molecular formula is C11H18N2O5. The van der Waals surface area contributed by atoms with Crippen molar-refractivity contribution >= 4 is 17.8 Å². The van der Waals surface area contributed by atoms with Crippen molar-refractivity contribution in [3.05, 3.63) is 0 Å². The van der Waals surface area contributed by atoms with Gasteiger partial charge in [0.25, 0.3) is 0 Å². The number of carbonyl (C=O) groups excluding carboxylic acids is 2. The van der Waals surface area contributed by atoms with E-state index in [1.165, 1.54) is 0 Å². The lowest BCUT2D eigenvalue weighted by Gasteiger charge is -2.14. The molecular weight excluding hydrogens is 240 g/mol. The number of nitrogens with one attached hydrogen (secondary N) is 1. The normalized spacial score (nSPS) is 20.3. The van der Waals surface area contributed by atoms with E-state index in [-0.39, 0.29) is 12.5 Å². The van der Waals surface area contributed by atoms with Crippen LogP contribution in [0.4, 0.5) is 0 Å². The monoisotopic (exact) mass is 258 g/mol. The van der Waals surface area contributed by atoms with Gasteiger partial charge in [0.15, 0.2) is 0 Å². The first kappa shape index (κ1) is 14.4. The summed E-state index contributed by atoms with van der Waals surface area (Å²) >= 11 is 0. The van der Waals surface area contributed by atoms with Gasteiger partial charge in [0.2, 0.25) is 11.8 Å². The number of primary amides is 1. The third-order valence-electron chi connectivity index (χ3n) is 2.76. The quantitative estimate of drug-likeness (QED) is 0.563. The van der Waals surface area contributed by atoms with Gasteiger partial charge in [0.05, 0.1) is 12.5 Å². The Morgan fingerprint density at radius 3 is 2.67 bits per heavy atom. The molecule has 0 saturated carbocycles. The smallest absolute Gasteiger partial charge is 0.326 e. The molecule has 1 aliphatic heterocycles. The summed E-state index contributed by atoms with van der Waals surface area (Å²) < 4.78 is 5.35. The van der Waals surface area contributed by atoms with Gasteiger partial charge in [-0.3, -0.25) is 9.59 Å². The predicted octanol–water partition coefficient (Wildman–Crippen LogP) is -0.610. The Bertz CT molecular complexity index is 325. The molecule has 4 N–H and O–H groups in total. The highest BCUT2D eigenvalue weighted by molar-refractivity contribution is 5.88. The minimum Gasteiger partial charge on any atom is -0.480 e. The van der Waals surface area contributed by atoms with Gasteiger partial charge >= 0.3 is 5.97 Å². The molecule has 0 radical (unpaired) electrons. The summed E-state index contributed by atoms with van der Waals surface area (Å²) in [5.41, 5.74) is 4.91. The zero-order chi connectivity index (χ0) is 13.5. The summed E-state index contributed by atoms with van der Waals surface area (Å²) in [6.07, 6.45) is 2.35. The number of aliphatic carboxylic acids is 1. The average molecular weight is 258 g/mol. The van der Waals surface area contributed by atoms with Gasteiger partial charge in [-0.1, -0.05) is 0 Å². The zero-order valence-electron chi connectivity index (χ0n) is 10.1. The molecule has 2 atom stereocenters. The minimum absolute atomic E-state index is 0.0789. The molecule has 18 heavy (non-hydrogen) atoms. The predicted molar refractivity (Wildman–Crippen MR) is 61.6 cm³/mol. The van der Waals surface area contributed by atoms with Crippen LogP contribution < -0.4 is 11.1 Å². The summed E-state index contributed by atoms with van der Waals surface area (Å²) in [6.45, 7) is 0.714. The molecule has 1 aliphatic rings. The summed E-state index contributed by atoms with van der Waals surface area (Å²) in [4.78, 5) is 32.9. The van der Waals surface area contributed by atoms with E-state index in [2.05, 4.69) is 5.32 Å². The molecule has 0 aromatic carbocycles. The van der Waals surface area contributed by atoms with E-state index in [9.17, 15) is 14.4 Å². The van der Waals surface area contributed by atoms with Gasteiger partial charge in [-0.05, 0) is 19.3 Å². The van der Waals surface area contributed by atoms with E-state index in [4.69, 9.17) is 15.6 Å². The molecule has 1 heterocycles. The number of amides is 2. The molecule has 1 rings (SSSR count). The number of carboxylic acid groups (broad SMARTS) is 1. The summed E-state index contributed by atoms with van der Waals surface area (Å²) in [6, 6.07) is -1.25. The van der Waals surface area contributed by atoms with Crippen LogP contribution in [-0.2, 0) is 19.1 Å². The van der Waals surface area contributed by atoms with Crippen molar-refractivity contribution in [3.8, 4) is 0 Å². The van der Waals surface area contributed by atoms with Gasteiger partial charge in [0.1, 0.15) is 6.04 Å². The summed E-state index contributed by atoms with van der Waals surface area (Å²) in [5.74, 6) is -2.43. The second kappa shape index (κ2) is 6.95. The Balaban J connectivity index is 2.31. The fourth-order valence-corrected chi connectivity index (χ4v) is 1.83. The molecule has 0 aliphatic carbocycles. The molecule has 0 spiro atoms. The first-order valence-corrected chi connectivity index (χ1v) is 5.91. The molecule has 1 unspecified atom stereocenters. The molecule has 1 saturated heterocycles. The Labute approximate surface area is 105 Å². The molecule has 0 aromatic rings. The Morgan fingerprint density at radius 2 is 2.17 bits per heavy atom. The molecule has 0 aromatic heterocycles. The highest BCUT2D eigenvalue weighted by Gasteiger charge is 2.23. The molecule has 102 valence electrons. The maximum atomic E-state index is 11.5. The van der Waals surface area contributed by atoms with Crippen molar-refractivity contribution in [1.29, 1.82) is 0 Å². The number of nitrogens with two attached hydrogens (primary N) is 1. The fourth-order valence-electron chi connectivity index (χ4n) is 1.83. The first-order chi connectivity index (χ1) is 8.49. The van der Waals surface area contributed by atoms with E-state index in [0.29, 0.717) is 13.0 Å². The maximum absolute atomic E-state index is 11.5. The topological polar surface area (TPSA) is 119 Å². The molecule has 2 amide bonds. The van der Waals surface area contributed by atoms with Gasteiger partial charge < -0.3 is 20.9 Å². The Hall–Kier alpha value is -1.63. The fraction of sp³-hybridized carbons (Fsp3) is 0.727. The van der Waals surface area contributed by atoms with Crippen molar-refractivity contribution in [2.45, 2.75) is 44.2 Å². The van der Waals surface area contributed by atoms with Crippen molar-refractivity contribution in [3.63, 3.8) is 0 Å². The second-order valence-electron chi connectivity index (χ2n) is 4.30. The first-order valence-electron chi connectivity index (χ1n) is 5.91. The number of hydrogen-bond donors (Lipinski definition) is 3. The van der Waals surface area contributed by atoms with Crippen molar-refractivity contribution in [2.75, 3.05) is 6.61 Å². The van der Waals surface area contributed by atoms with Crippen LogP contribution in [0.25, 0.3) is 0 Å². The third-order valence-corrected chi connectivity index (χ3v) is 2.76. The van der Waals surface area contributed by atoms with Gasteiger partial charge in [-0.15, -0.1) is 0 Å². The van der Waals surface area contributed by atoms with E-state index in [1.807, 2.05) is 0 Å².